The van der Waals surface area contributed by atoms with Crippen LogP contribution in [0.4, 0.5) is 5.95 Å². The second kappa shape index (κ2) is 3.53. The van der Waals surface area contributed by atoms with E-state index in [2.05, 4.69) is 37.3 Å². The summed E-state index contributed by atoms with van der Waals surface area (Å²) in [6.07, 6.45) is 1.62. The van der Waals surface area contributed by atoms with Gasteiger partial charge in [-0.05, 0) is 18.3 Å². The Morgan fingerprint density at radius 1 is 1.64 bits per heavy atom. The first-order valence-corrected chi connectivity index (χ1v) is 4.22. The summed E-state index contributed by atoms with van der Waals surface area (Å²) in [6, 6.07) is 1.76. The highest BCUT2D eigenvalue weighted by Gasteiger charge is 2.06. The minimum atomic E-state index is 0.404. The van der Waals surface area contributed by atoms with Crippen LogP contribution in [0.1, 0.15) is 0 Å². The average molecular weight is 206 g/mol. The molecule has 0 spiro atoms. The third-order valence-corrected chi connectivity index (χ3v) is 1.79. The number of rotatable bonds is 2. The maximum absolute atomic E-state index is 5.05. The van der Waals surface area contributed by atoms with Crippen LogP contribution < -0.4 is 4.74 Å². The average Bonchev–Trinajstić information content (AvgIpc) is 2.60. The van der Waals surface area contributed by atoms with Gasteiger partial charge in [0.2, 0.25) is 11.8 Å². The van der Waals surface area contributed by atoms with Crippen LogP contribution in [0.2, 0.25) is 0 Å². The van der Waals surface area contributed by atoms with E-state index in [0.717, 1.165) is 5.52 Å². The maximum atomic E-state index is 5.05. The van der Waals surface area contributed by atoms with Gasteiger partial charge in [0.1, 0.15) is 5.52 Å². The lowest BCUT2D eigenvalue weighted by Gasteiger charge is -1.96. The van der Waals surface area contributed by atoms with E-state index in [1.54, 1.807) is 19.4 Å². The molecule has 0 bridgehead atoms. The first-order valence-electron chi connectivity index (χ1n) is 3.81. The highest BCUT2D eigenvalue weighted by molar-refractivity contribution is 7.78. The van der Waals surface area contributed by atoms with E-state index < -0.39 is 0 Å². The number of nitrogens with one attached hydrogen (secondary N) is 1. The lowest BCUT2D eigenvalue weighted by Crippen LogP contribution is -1.87. The van der Waals surface area contributed by atoms with Crippen molar-refractivity contribution in [2.24, 2.45) is 4.99 Å². The Morgan fingerprint density at radius 2 is 2.50 bits per heavy atom. The molecule has 0 fully saturated rings. The first kappa shape index (κ1) is 8.80. The molecular weight excluding hydrogens is 200 g/mol. The Labute approximate surface area is 84.9 Å². The van der Waals surface area contributed by atoms with E-state index in [1.807, 2.05) is 0 Å². The SMILES string of the molecule is COc1nccc2nc(N=C=S)[nH]c12. The van der Waals surface area contributed by atoms with Crippen molar-refractivity contribution in [1.29, 1.82) is 0 Å². The number of fused-ring (bicyclic) bond motifs is 1. The lowest BCUT2D eigenvalue weighted by atomic mass is 10.4. The standard InChI is InChI=1S/C8H6N4OS/c1-13-7-6-5(2-3-9-7)11-8(12-6)10-4-14/h2-3H,1H3,(H,11,12). The second-order valence-electron chi connectivity index (χ2n) is 2.48. The summed E-state index contributed by atoms with van der Waals surface area (Å²) in [5.74, 6) is 0.891. The van der Waals surface area contributed by atoms with Crippen LogP contribution in [-0.2, 0) is 0 Å². The van der Waals surface area contributed by atoms with Crippen LogP contribution in [0.5, 0.6) is 5.88 Å². The molecule has 0 radical (unpaired) electrons. The second-order valence-corrected chi connectivity index (χ2v) is 2.66. The van der Waals surface area contributed by atoms with Crippen molar-refractivity contribution in [2.75, 3.05) is 7.11 Å². The largest absolute Gasteiger partial charge is 0.479 e. The minimum Gasteiger partial charge on any atom is -0.479 e. The molecule has 0 amide bonds. The Bertz CT molecular complexity index is 515. The number of nitrogens with zero attached hydrogens (tertiary/aromatic N) is 3. The number of ether oxygens (including phenoxy) is 1. The predicted molar refractivity (Wildman–Crippen MR) is 55.1 cm³/mol. The number of thiocarbonyl (C=S) groups is 1. The number of H-pyrrole nitrogens is 1. The number of aromatic nitrogens is 3. The summed E-state index contributed by atoms with van der Waals surface area (Å²) in [5.41, 5.74) is 1.44. The topological polar surface area (TPSA) is 63.2 Å². The van der Waals surface area contributed by atoms with Gasteiger partial charge >= 0.3 is 0 Å². The summed E-state index contributed by atoms with van der Waals surface area (Å²) < 4.78 is 5.05. The fraction of sp³-hybridized carbons (Fsp3) is 0.125. The van der Waals surface area contributed by atoms with Gasteiger partial charge in [0.05, 0.1) is 17.8 Å². The van der Waals surface area contributed by atoms with Crippen molar-refractivity contribution < 1.29 is 4.74 Å². The van der Waals surface area contributed by atoms with Crippen molar-refractivity contribution in [3.63, 3.8) is 0 Å². The van der Waals surface area contributed by atoms with Crippen LogP contribution in [-0.4, -0.2) is 27.2 Å². The number of hydrogen-bond donors (Lipinski definition) is 1. The van der Waals surface area contributed by atoms with Gasteiger partial charge in [0.25, 0.3) is 0 Å². The van der Waals surface area contributed by atoms with Crippen molar-refractivity contribution in [2.45, 2.75) is 0 Å². The molecule has 2 aromatic heterocycles. The molecule has 6 heteroatoms. The Kier molecular flexibility index (Phi) is 2.22. The molecule has 0 saturated heterocycles. The van der Waals surface area contributed by atoms with E-state index in [0.29, 0.717) is 17.3 Å². The van der Waals surface area contributed by atoms with Crippen molar-refractivity contribution >= 4 is 34.4 Å². The van der Waals surface area contributed by atoms with Crippen LogP contribution in [0.15, 0.2) is 17.3 Å². The number of aromatic amines is 1. The molecule has 0 unspecified atom stereocenters. The molecule has 2 rings (SSSR count). The smallest absolute Gasteiger partial charge is 0.239 e. The highest BCUT2D eigenvalue weighted by Crippen LogP contribution is 2.22. The Balaban J connectivity index is 2.69. The monoisotopic (exact) mass is 206 g/mol. The summed E-state index contributed by atoms with van der Waals surface area (Å²) >= 11 is 4.48. The third kappa shape index (κ3) is 1.37. The summed E-state index contributed by atoms with van der Waals surface area (Å²) in [4.78, 5) is 14.8. The number of isothiocyanates is 1. The Hall–Kier alpha value is -1.78. The van der Waals surface area contributed by atoms with Crippen molar-refractivity contribution in [1.82, 2.24) is 15.0 Å². The quantitative estimate of drug-likeness (QED) is 0.600. The highest BCUT2D eigenvalue weighted by atomic mass is 32.1. The number of methoxy groups -OCH3 is 1. The lowest BCUT2D eigenvalue weighted by molar-refractivity contribution is 0.402. The number of hydrogen-bond acceptors (Lipinski definition) is 5. The Morgan fingerprint density at radius 3 is 3.21 bits per heavy atom. The van der Waals surface area contributed by atoms with Gasteiger partial charge in [-0.3, -0.25) is 0 Å². The summed E-state index contributed by atoms with van der Waals surface area (Å²) in [5, 5.41) is 2.24. The fourth-order valence-corrected chi connectivity index (χ4v) is 1.23. The van der Waals surface area contributed by atoms with Gasteiger partial charge < -0.3 is 9.72 Å². The molecule has 0 aromatic carbocycles. The molecule has 0 aliphatic heterocycles. The predicted octanol–water partition coefficient (Wildman–Crippen LogP) is 1.70. The van der Waals surface area contributed by atoms with Gasteiger partial charge in [-0.15, -0.1) is 0 Å². The zero-order valence-corrected chi connectivity index (χ0v) is 8.13. The van der Waals surface area contributed by atoms with E-state index in [1.165, 1.54) is 0 Å². The van der Waals surface area contributed by atoms with E-state index >= 15 is 0 Å². The normalized spacial score (nSPS) is 9.79. The molecule has 2 aromatic rings. The van der Waals surface area contributed by atoms with Gasteiger partial charge in [-0.25, -0.2) is 9.97 Å². The van der Waals surface area contributed by atoms with E-state index in [4.69, 9.17) is 4.74 Å². The van der Waals surface area contributed by atoms with Crippen LogP contribution in [0.3, 0.4) is 0 Å². The van der Waals surface area contributed by atoms with Crippen LogP contribution >= 0.6 is 12.2 Å². The summed E-state index contributed by atoms with van der Waals surface area (Å²) in [7, 11) is 1.55. The fourth-order valence-electron chi connectivity index (χ4n) is 1.15. The van der Waals surface area contributed by atoms with Crippen molar-refractivity contribution in [3.05, 3.63) is 12.3 Å². The van der Waals surface area contributed by atoms with Crippen LogP contribution in [0.25, 0.3) is 11.0 Å². The molecular formula is C8H6N4OS. The van der Waals surface area contributed by atoms with Gasteiger partial charge in [0, 0.05) is 6.20 Å². The van der Waals surface area contributed by atoms with E-state index in [-0.39, 0.29) is 0 Å². The maximum Gasteiger partial charge on any atom is 0.239 e. The minimum absolute atomic E-state index is 0.404. The summed E-state index contributed by atoms with van der Waals surface area (Å²) in [6.45, 7) is 0. The number of pyridine rings is 1. The first-order chi connectivity index (χ1) is 6.85. The van der Waals surface area contributed by atoms with Crippen LogP contribution in [0, 0.1) is 0 Å². The third-order valence-electron chi connectivity index (χ3n) is 1.70. The molecule has 1 N–H and O–H groups in total. The molecule has 0 aliphatic rings. The molecule has 0 aliphatic carbocycles. The van der Waals surface area contributed by atoms with E-state index in [9.17, 15) is 0 Å². The molecule has 70 valence electrons. The van der Waals surface area contributed by atoms with Gasteiger partial charge in [-0.2, -0.15) is 4.99 Å². The zero-order chi connectivity index (χ0) is 9.97. The van der Waals surface area contributed by atoms with Gasteiger partial charge in [0.15, 0.2) is 0 Å². The van der Waals surface area contributed by atoms with Gasteiger partial charge in [-0.1, -0.05) is 0 Å². The van der Waals surface area contributed by atoms with Crippen molar-refractivity contribution in [3.8, 4) is 5.88 Å². The molecule has 5 nitrogen and oxygen atoms in total. The molecule has 0 atom stereocenters. The number of imidazole rings is 1. The number of aliphatic imine (C=N–C) groups is 1. The molecule has 2 heterocycles. The zero-order valence-electron chi connectivity index (χ0n) is 7.31. The molecule has 0 saturated carbocycles. The molecule has 14 heavy (non-hydrogen) atoms.